The lowest BCUT2D eigenvalue weighted by Crippen LogP contribution is -1.98. The van der Waals surface area contributed by atoms with Gasteiger partial charge in [0.2, 0.25) is 0 Å². The van der Waals surface area contributed by atoms with Crippen molar-refractivity contribution < 1.29 is 4.39 Å². The maximum Gasteiger partial charge on any atom is 0.151 e. The van der Waals surface area contributed by atoms with Crippen molar-refractivity contribution in [3.8, 4) is 6.07 Å². The van der Waals surface area contributed by atoms with E-state index in [2.05, 4.69) is 27.0 Å². The number of hydrogen-bond donors (Lipinski definition) is 0. The van der Waals surface area contributed by atoms with Gasteiger partial charge in [0.05, 0.1) is 28.4 Å². The molecule has 0 spiro atoms. The van der Waals surface area contributed by atoms with Crippen LogP contribution in [0, 0.1) is 17.1 Å². The smallest absolute Gasteiger partial charge is 0.151 e. The minimum Gasteiger partial charge on any atom is -0.299 e. The second kappa shape index (κ2) is 4.46. The average molecular weight is 296 g/mol. The Morgan fingerprint density at radius 1 is 1.59 bits per heavy atom. The van der Waals surface area contributed by atoms with Gasteiger partial charge >= 0.3 is 0 Å². The predicted molar refractivity (Wildman–Crippen MR) is 66.3 cm³/mol. The van der Waals surface area contributed by atoms with E-state index in [1.54, 1.807) is 4.40 Å². The van der Waals surface area contributed by atoms with Crippen LogP contribution in [0.2, 0.25) is 0 Å². The summed E-state index contributed by atoms with van der Waals surface area (Å²) in [5.41, 5.74) is 2.26. The molecule has 3 nitrogen and oxygen atoms in total. The maximum atomic E-state index is 13.4. The fraction of sp³-hybridized carbons (Fsp3) is 0.333. The van der Waals surface area contributed by atoms with E-state index in [4.69, 9.17) is 5.26 Å². The zero-order chi connectivity index (χ0) is 12.6. The van der Waals surface area contributed by atoms with Gasteiger partial charge in [-0.25, -0.2) is 9.37 Å². The van der Waals surface area contributed by atoms with Gasteiger partial charge in [0.1, 0.15) is 5.82 Å². The molecule has 2 rings (SSSR count). The number of rotatable bonds is 2. The van der Waals surface area contributed by atoms with Crippen LogP contribution in [-0.4, -0.2) is 9.38 Å². The van der Waals surface area contributed by atoms with E-state index in [-0.39, 0.29) is 18.2 Å². The van der Waals surface area contributed by atoms with E-state index in [9.17, 15) is 4.39 Å². The van der Waals surface area contributed by atoms with Crippen LogP contribution in [0.4, 0.5) is 4.39 Å². The summed E-state index contributed by atoms with van der Waals surface area (Å²) in [6.45, 7) is 4.01. The van der Waals surface area contributed by atoms with Gasteiger partial charge < -0.3 is 0 Å². The summed E-state index contributed by atoms with van der Waals surface area (Å²) in [6, 6.07) is 3.48. The molecule has 0 bridgehead atoms. The van der Waals surface area contributed by atoms with Crippen LogP contribution in [-0.2, 0) is 6.42 Å². The van der Waals surface area contributed by atoms with Gasteiger partial charge in [0.15, 0.2) is 5.65 Å². The third-order valence-corrected chi connectivity index (χ3v) is 3.15. The fourth-order valence-electron chi connectivity index (χ4n) is 1.85. The maximum absolute atomic E-state index is 13.4. The molecule has 2 aromatic heterocycles. The molecule has 0 atom stereocenters. The molecule has 2 aromatic rings. The molecule has 5 heteroatoms. The van der Waals surface area contributed by atoms with Gasteiger partial charge in [0.25, 0.3) is 0 Å². The first-order chi connectivity index (χ1) is 8.04. The monoisotopic (exact) mass is 295 g/mol. The van der Waals surface area contributed by atoms with Crippen LogP contribution in [0.5, 0.6) is 0 Å². The molecular weight excluding hydrogens is 285 g/mol. The van der Waals surface area contributed by atoms with Crippen LogP contribution in [0.1, 0.15) is 31.2 Å². The highest BCUT2D eigenvalue weighted by Gasteiger charge is 2.17. The van der Waals surface area contributed by atoms with E-state index in [1.807, 2.05) is 13.8 Å². The van der Waals surface area contributed by atoms with Crippen LogP contribution in [0.25, 0.3) is 5.65 Å². The summed E-state index contributed by atoms with van der Waals surface area (Å²) < 4.78 is 15.6. The number of imidazole rings is 1. The number of pyridine rings is 1. The van der Waals surface area contributed by atoms with Crippen LogP contribution < -0.4 is 0 Å². The lowest BCUT2D eigenvalue weighted by atomic mass is 10.1. The number of nitrogens with zero attached hydrogens (tertiary/aromatic N) is 3. The molecule has 17 heavy (non-hydrogen) atoms. The molecule has 0 saturated heterocycles. The van der Waals surface area contributed by atoms with E-state index in [0.717, 1.165) is 11.4 Å². The zero-order valence-corrected chi connectivity index (χ0v) is 11.1. The van der Waals surface area contributed by atoms with Crippen LogP contribution in [0.3, 0.4) is 0 Å². The largest absolute Gasteiger partial charge is 0.299 e. The summed E-state index contributed by atoms with van der Waals surface area (Å²) in [5.74, 6) is -0.149. The lowest BCUT2D eigenvalue weighted by molar-refractivity contribution is 0.617. The summed E-state index contributed by atoms with van der Waals surface area (Å²) in [4.78, 5) is 4.47. The Bertz CT molecular complexity index is 610. The quantitative estimate of drug-likeness (QED) is 0.852. The highest BCUT2D eigenvalue weighted by Crippen LogP contribution is 2.26. The van der Waals surface area contributed by atoms with Crippen molar-refractivity contribution in [2.45, 2.75) is 26.2 Å². The van der Waals surface area contributed by atoms with E-state index >= 15 is 0 Å². The third-order valence-electron chi connectivity index (χ3n) is 2.57. The Labute approximate surface area is 107 Å². The SMILES string of the molecule is CC(C)c1nc2c(Br)cc(F)cn2c1CC#N. The average Bonchev–Trinajstić information content (AvgIpc) is 2.58. The standard InChI is InChI=1S/C12H11BrFN3/c1-7(2)11-10(3-4-15)17-6-8(14)5-9(13)12(17)16-11/h5-7H,3H2,1-2H3. The van der Waals surface area contributed by atoms with Gasteiger partial charge in [-0.3, -0.25) is 4.40 Å². The summed E-state index contributed by atoms with van der Waals surface area (Å²) in [6.07, 6.45) is 1.59. The molecule has 88 valence electrons. The molecule has 0 amide bonds. The first kappa shape index (κ1) is 12.1. The van der Waals surface area contributed by atoms with Crippen molar-refractivity contribution >= 4 is 21.6 Å². The second-order valence-corrected chi connectivity index (χ2v) is 4.99. The summed E-state index contributed by atoms with van der Waals surface area (Å²) in [5, 5.41) is 8.85. The highest BCUT2D eigenvalue weighted by molar-refractivity contribution is 9.10. The van der Waals surface area contributed by atoms with Gasteiger partial charge in [-0.1, -0.05) is 13.8 Å². The van der Waals surface area contributed by atoms with Crippen LogP contribution in [0.15, 0.2) is 16.7 Å². The van der Waals surface area contributed by atoms with Gasteiger partial charge in [-0.2, -0.15) is 5.26 Å². The molecule has 0 saturated carbocycles. The molecule has 0 aliphatic rings. The molecule has 0 N–H and O–H groups in total. The highest BCUT2D eigenvalue weighted by atomic mass is 79.9. The Kier molecular flexibility index (Phi) is 3.16. The van der Waals surface area contributed by atoms with Crippen molar-refractivity contribution in [2.24, 2.45) is 0 Å². The lowest BCUT2D eigenvalue weighted by Gasteiger charge is -2.03. The van der Waals surface area contributed by atoms with Gasteiger partial charge in [-0.05, 0) is 27.9 Å². The topological polar surface area (TPSA) is 41.1 Å². The van der Waals surface area contributed by atoms with Crippen molar-refractivity contribution in [3.63, 3.8) is 0 Å². The third kappa shape index (κ3) is 2.05. The fourth-order valence-corrected chi connectivity index (χ4v) is 2.35. The predicted octanol–water partition coefficient (Wildman–Crippen LogP) is 3.43. The van der Waals surface area contributed by atoms with Crippen molar-refractivity contribution in [2.75, 3.05) is 0 Å². The first-order valence-electron chi connectivity index (χ1n) is 5.27. The molecule has 0 aliphatic carbocycles. The van der Waals surface area contributed by atoms with Crippen LogP contribution >= 0.6 is 15.9 Å². The number of nitriles is 1. The number of halogens is 2. The molecule has 0 aliphatic heterocycles. The zero-order valence-electron chi connectivity index (χ0n) is 9.54. The molecular formula is C12H11BrFN3. The molecule has 0 fully saturated rings. The Morgan fingerprint density at radius 2 is 2.29 bits per heavy atom. The molecule has 0 radical (unpaired) electrons. The minimum atomic E-state index is -0.351. The van der Waals surface area contributed by atoms with Crippen molar-refractivity contribution in [3.05, 3.63) is 33.9 Å². The molecule has 0 unspecified atom stereocenters. The minimum absolute atomic E-state index is 0.202. The number of hydrogen-bond acceptors (Lipinski definition) is 2. The second-order valence-electron chi connectivity index (χ2n) is 4.13. The van der Waals surface area contributed by atoms with E-state index in [0.29, 0.717) is 10.1 Å². The Balaban J connectivity index is 2.81. The van der Waals surface area contributed by atoms with Gasteiger partial charge in [-0.15, -0.1) is 0 Å². The molecule has 0 aromatic carbocycles. The first-order valence-corrected chi connectivity index (χ1v) is 6.06. The molecule has 2 heterocycles. The van der Waals surface area contributed by atoms with E-state index in [1.165, 1.54) is 12.3 Å². The summed E-state index contributed by atoms with van der Waals surface area (Å²) >= 11 is 3.29. The van der Waals surface area contributed by atoms with Gasteiger partial charge in [0, 0.05) is 6.20 Å². The van der Waals surface area contributed by atoms with E-state index < -0.39 is 0 Å². The Hall–Kier alpha value is -1.41. The normalized spacial score (nSPS) is 11.1. The van der Waals surface area contributed by atoms with Crippen molar-refractivity contribution in [1.82, 2.24) is 9.38 Å². The number of fused-ring (bicyclic) bond motifs is 1. The van der Waals surface area contributed by atoms with Crippen molar-refractivity contribution in [1.29, 1.82) is 5.26 Å². The number of aromatic nitrogens is 2. The Morgan fingerprint density at radius 3 is 2.88 bits per heavy atom. The summed E-state index contributed by atoms with van der Waals surface area (Å²) in [7, 11) is 0.